The lowest BCUT2D eigenvalue weighted by molar-refractivity contribution is -0.659. The Labute approximate surface area is 133 Å². The van der Waals surface area contributed by atoms with Crippen LogP contribution in [0.3, 0.4) is 0 Å². The summed E-state index contributed by atoms with van der Waals surface area (Å²) in [5.41, 5.74) is 5.45. The van der Waals surface area contributed by atoms with Crippen molar-refractivity contribution in [1.29, 1.82) is 0 Å². The third kappa shape index (κ3) is 2.52. The van der Waals surface area contributed by atoms with Crippen LogP contribution in [0.4, 0.5) is 0 Å². The van der Waals surface area contributed by atoms with Gasteiger partial charge in [0.05, 0.1) is 5.39 Å². The number of aromatic nitrogens is 1. The Morgan fingerprint density at radius 2 is 1.64 bits per heavy atom. The van der Waals surface area contributed by atoms with Gasteiger partial charge >= 0.3 is 0 Å². The molecule has 1 nitrogen and oxygen atoms in total. The van der Waals surface area contributed by atoms with Crippen molar-refractivity contribution in [3.8, 4) is 11.3 Å². The quantitative estimate of drug-likeness (QED) is 0.559. The molecule has 0 aliphatic carbocycles. The number of rotatable bonds is 1. The van der Waals surface area contributed by atoms with Crippen molar-refractivity contribution in [2.75, 3.05) is 0 Å². The molecular weight excluding hydrogens is 266 g/mol. The number of nitrogens with zero attached hydrogens (tertiary/aromatic N) is 1. The van der Waals surface area contributed by atoms with E-state index in [1.807, 2.05) is 0 Å². The van der Waals surface area contributed by atoms with Gasteiger partial charge in [0.25, 0.3) is 0 Å². The first-order valence-corrected chi connectivity index (χ1v) is 7.87. The normalized spacial score (nSPS) is 11.9. The van der Waals surface area contributed by atoms with Gasteiger partial charge in [0.1, 0.15) is 7.05 Å². The summed E-state index contributed by atoms with van der Waals surface area (Å²) < 4.78 is 2.23. The highest BCUT2D eigenvalue weighted by molar-refractivity contribution is 5.94. The number of pyridine rings is 1. The Morgan fingerprint density at radius 1 is 0.909 bits per heavy atom. The average Bonchev–Trinajstić information content (AvgIpc) is 2.47. The fraction of sp³-hybridized carbons (Fsp3) is 0.286. The second kappa shape index (κ2) is 5.24. The minimum atomic E-state index is 0.158. The Balaban J connectivity index is 2.38. The van der Waals surface area contributed by atoms with Gasteiger partial charge in [-0.1, -0.05) is 51.1 Å². The Kier molecular flexibility index (Phi) is 3.52. The lowest BCUT2D eigenvalue weighted by Crippen LogP contribution is -2.30. The van der Waals surface area contributed by atoms with E-state index in [1.165, 1.54) is 33.2 Å². The van der Waals surface area contributed by atoms with Gasteiger partial charge in [-0.2, -0.15) is 0 Å². The number of fused-ring (bicyclic) bond motifs is 1. The molecule has 22 heavy (non-hydrogen) atoms. The van der Waals surface area contributed by atoms with E-state index in [0.717, 1.165) is 0 Å². The van der Waals surface area contributed by atoms with E-state index >= 15 is 0 Å². The van der Waals surface area contributed by atoms with Gasteiger partial charge in [0.15, 0.2) is 6.20 Å². The highest BCUT2D eigenvalue weighted by Gasteiger charge is 2.20. The van der Waals surface area contributed by atoms with E-state index in [9.17, 15) is 0 Å². The highest BCUT2D eigenvalue weighted by atomic mass is 14.9. The van der Waals surface area contributed by atoms with Gasteiger partial charge in [0, 0.05) is 11.6 Å². The summed E-state index contributed by atoms with van der Waals surface area (Å²) in [6.45, 7) is 8.99. The third-order valence-electron chi connectivity index (χ3n) is 4.41. The maximum atomic E-state index is 2.36. The summed E-state index contributed by atoms with van der Waals surface area (Å²) in [7, 11) is 2.13. The van der Waals surface area contributed by atoms with Crippen molar-refractivity contribution in [3.63, 3.8) is 0 Å². The van der Waals surface area contributed by atoms with Crippen molar-refractivity contribution in [3.05, 3.63) is 65.9 Å². The Hall–Kier alpha value is -2.15. The third-order valence-corrected chi connectivity index (χ3v) is 4.41. The molecule has 112 valence electrons. The maximum absolute atomic E-state index is 2.36. The lowest BCUT2D eigenvalue weighted by Gasteiger charge is -2.19. The molecule has 3 rings (SSSR count). The Morgan fingerprint density at radius 3 is 2.32 bits per heavy atom. The van der Waals surface area contributed by atoms with Crippen LogP contribution < -0.4 is 4.57 Å². The van der Waals surface area contributed by atoms with Crippen LogP contribution in [0.15, 0.2) is 54.7 Å². The smallest absolute Gasteiger partial charge is 0.200 e. The van der Waals surface area contributed by atoms with Gasteiger partial charge in [-0.3, -0.25) is 0 Å². The van der Waals surface area contributed by atoms with E-state index in [4.69, 9.17) is 0 Å². The minimum Gasteiger partial charge on any atom is -0.200 e. The maximum Gasteiger partial charge on any atom is 0.220 e. The van der Waals surface area contributed by atoms with E-state index in [2.05, 4.69) is 94.0 Å². The fourth-order valence-electron chi connectivity index (χ4n) is 3.00. The van der Waals surface area contributed by atoms with Gasteiger partial charge < -0.3 is 0 Å². The van der Waals surface area contributed by atoms with Crippen LogP contribution in [0.1, 0.15) is 31.9 Å². The van der Waals surface area contributed by atoms with Gasteiger partial charge in [-0.05, 0) is 41.0 Å². The number of aryl methyl sites for hydroxylation is 2. The molecule has 1 aromatic heterocycles. The van der Waals surface area contributed by atoms with Crippen molar-refractivity contribution in [2.24, 2.45) is 7.05 Å². The fourth-order valence-corrected chi connectivity index (χ4v) is 3.00. The van der Waals surface area contributed by atoms with Crippen LogP contribution in [0.2, 0.25) is 0 Å². The molecule has 0 unspecified atom stereocenters. The first-order valence-electron chi connectivity index (χ1n) is 7.87. The monoisotopic (exact) mass is 290 g/mol. The van der Waals surface area contributed by atoms with E-state index in [0.29, 0.717) is 0 Å². The van der Waals surface area contributed by atoms with Crippen molar-refractivity contribution in [2.45, 2.75) is 33.1 Å². The molecule has 0 fully saturated rings. The zero-order valence-electron chi connectivity index (χ0n) is 14.1. The average molecular weight is 290 g/mol. The van der Waals surface area contributed by atoms with Crippen LogP contribution in [-0.2, 0) is 12.5 Å². The predicted molar refractivity (Wildman–Crippen MR) is 94.0 cm³/mol. The first kappa shape index (κ1) is 14.8. The summed E-state index contributed by atoms with van der Waals surface area (Å²) in [5.74, 6) is 0. The molecule has 0 saturated heterocycles. The summed E-state index contributed by atoms with van der Waals surface area (Å²) in [5, 5.41) is 2.62. The lowest BCUT2D eigenvalue weighted by atomic mass is 9.85. The molecule has 1 heterocycles. The van der Waals surface area contributed by atoms with E-state index < -0.39 is 0 Å². The minimum absolute atomic E-state index is 0.158. The van der Waals surface area contributed by atoms with Crippen molar-refractivity contribution < 1.29 is 4.57 Å². The molecule has 2 aromatic carbocycles. The Bertz CT molecular complexity index is 838. The van der Waals surface area contributed by atoms with Crippen LogP contribution in [-0.4, -0.2) is 0 Å². The zero-order chi connectivity index (χ0) is 15.9. The number of hydrogen-bond donors (Lipinski definition) is 0. The van der Waals surface area contributed by atoms with Crippen LogP contribution in [0.25, 0.3) is 22.0 Å². The van der Waals surface area contributed by atoms with E-state index in [-0.39, 0.29) is 5.41 Å². The van der Waals surface area contributed by atoms with Crippen LogP contribution in [0.5, 0.6) is 0 Å². The summed E-state index contributed by atoms with van der Waals surface area (Å²) in [6, 6.07) is 17.7. The van der Waals surface area contributed by atoms with Gasteiger partial charge in [-0.25, -0.2) is 4.57 Å². The molecule has 0 aliphatic heterocycles. The molecule has 0 bridgehead atoms. The SMILES string of the molecule is Cc1ccccc1-c1c2cc(C(C)(C)C)ccc2cc[n+]1C. The van der Waals surface area contributed by atoms with E-state index in [1.54, 1.807) is 0 Å². The molecule has 3 aromatic rings. The topological polar surface area (TPSA) is 3.88 Å². The summed E-state index contributed by atoms with van der Waals surface area (Å²) in [4.78, 5) is 0. The standard InChI is InChI=1S/C21H24N/c1-15-8-6-7-9-18(15)20-19-14-17(21(2,3)4)11-10-16(19)12-13-22(20)5/h6-14H,1-5H3/q+1. The number of hydrogen-bond acceptors (Lipinski definition) is 0. The summed E-state index contributed by atoms with van der Waals surface area (Å²) in [6.07, 6.45) is 2.15. The van der Waals surface area contributed by atoms with Crippen LogP contribution >= 0.6 is 0 Å². The van der Waals surface area contributed by atoms with Gasteiger partial charge in [-0.15, -0.1) is 0 Å². The molecule has 0 saturated carbocycles. The molecule has 0 N–H and O–H groups in total. The van der Waals surface area contributed by atoms with Crippen molar-refractivity contribution >= 4 is 10.8 Å². The second-order valence-electron chi connectivity index (χ2n) is 7.14. The first-order chi connectivity index (χ1) is 10.4. The zero-order valence-corrected chi connectivity index (χ0v) is 14.1. The molecular formula is C21H24N+. The van der Waals surface area contributed by atoms with Crippen LogP contribution in [0, 0.1) is 6.92 Å². The second-order valence-corrected chi connectivity index (χ2v) is 7.14. The summed E-state index contributed by atoms with van der Waals surface area (Å²) >= 11 is 0. The van der Waals surface area contributed by atoms with Gasteiger partial charge in [0.2, 0.25) is 5.69 Å². The molecule has 0 spiro atoms. The molecule has 0 radical (unpaired) electrons. The molecule has 1 heteroatoms. The molecule has 0 aliphatic rings. The molecule has 0 atom stereocenters. The predicted octanol–water partition coefficient (Wildman–Crippen LogP) is 4.94. The highest BCUT2D eigenvalue weighted by Crippen LogP contribution is 2.31. The largest absolute Gasteiger partial charge is 0.220 e. The number of benzene rings is 2. The molecule has 0 amide bonds. The van der Waals surface area contributed by atoms with Crippen molar-refractivity contribution in [1.82, 2.24) is 0 Å².